The van der Waals surface area contributed by atoms with Crippen LogP contribution in [0.25, 0.3) is 38.2 Å². The van der Waals surface area contributed by atoms with Crippen molar-refractivity contribution in [2.24, 2.45) is 0 Å². The van der Waals surface area contributed by atoms with Crippen molar-refractivity contribution >= 4 is 51.8 Å². The third-order valence-corrected chi connectivity index (χ3v) is 14.3. The zero-order valence-corrected chi connectivity index (χ0v) is 30.5. The van der Waals surface area contributed by atoms with E-state index in [2.05, 4.69) is 169 Å². The quantitative estimate of drug-likeness (QED) is 0.106. The minimum absolute atomic E-state index is 1.01. The molecule has 2 nitrogen and oxygen atoms in total. The van der Waals surface area contributed by atoms with Crippen LogP contribution in [0.4, 0.5) is 5.69 Å². The first-order chi connectivity index (χ1) is 22.6. The molecule has 0 saturated carbocycles. The van der Waals surface area contributed by atoms with E-state index >= 15 is 0 Å². The fourth-order valence-corrected chi connectivity index (χ4v) is 11.2. The van der Waals surface area contributed by atoms with E-state index in [1.807, 2.05) is 0 Å². The van der Waals surface area contributed by atoms with Gasteiger partial charge in [0, 0.05) is 31.9 Å². The smallest absolute Gasteiger partial charge is 0.199 e. The van der Waals surface area contributed by atoms with Gasteiger partial charge in [0.2, 0.25) is 0 Å². The molecule has 5 aromatic rings. The van der Waals surface area contributed by atoms with Gasteiger partial charge in [0.15, 0.2) is 5.71 Å². The Kier molecular flexibility index (Phi) is 7.72. The molecular weight excluding hydrogens is 585 g/mol. The van der Waals surface area contributed by atoms with Crippen molar-refractivity contribution in [2.75, 3.05) is 33.1 Å². The molecule has 0 spiro atoms. The largest absolute Gasteiger partial charge is 0.378 e. The van der Waals surface area contributed by atoms with E-state index in [1.165, 1.54) is 93.4 Å². The lowest BCUT2D eigenvalue weighted by Gasteiger charge is -2.38. The first-order valence-corrected chi connectivity index (χ1v) is 20.1. The zero-order valence-electron chi connectivity index (χ0n) is 29.5. The van der Waals surface area contributed by atoms with Crippen molar-refractivity contribution in [3.05, 3.63) is 136 Å². The summed E-state index contributed by atoms with van der Waals surface area (Å²) in [4.78, 5) is 2.24. The third kappa shape index (κ3) is 4.86. The van der Waals surface area contributed by atoms with Crippen LogP contribution in [0.15, 0.2) is 108 Å². The van der Waals surface area contributed by atoms with Gasteiger partial charge in [-0.3, -0.25) is 0 Å². The van der Waals surface area contributed by atoms with E-state index in [1.54, 1.807) is 0 Å². The predicted octanol–water partition coefficient (Wildman–Crippen LogP) is 9.64. The molecule has 0 bridgehead atoms. The van der Waals surface area contributed by atoms with E-state index < -0.39 is 8.07 Å². The Morgan fingerprint density at radius 1 is 0.681 bits per heavy atom. The average Bonchev–Trinajstić information content (AvgIpc) is 3.07. The lowest BCUT2D eigenvalue weighted by molar-refractivity contribution is -0.462. The van der Waals surface area contributed by atoms with Gasteiger partial charge in [-0.05, 0) is 126 Å². The molecule has 0 aromatic heterocycles. The van der Waals surface area contributed by atoms with Gasteiger partial charge in [-0.1, -0.05) is 87.6 Å². The average molecular weight is 632 g/mol. The van der Waals surface area contributed by atoms with Crippen LogP contribution < -0.4 is 10.1 Å². The molecule has 1 aliphatic heterocycles. The number of aryl methyl sites for hydroxylation is 2. The number of rotatable bonds is 5. The zero-order chi connectivity index (χ0) is 33.2. The van der Waals surface area contributed by atoms with Crippen LogP contribution in [0.2, 0.25) is 13.1 Å². The predicted molar refractivity (Wildman–Crippen MR) is 209 cm³/mol. The summed E-state index contributed by atoms with van der Waals surface area (Å²) in [5, 5.41) is 8.62. The lowest BCUT2D eigenvalue weighted by Crippen LogP contribution is -2.49. The summed E-state index contributed by atoms with van der Waals surface area (Å²) >= 11 is 0. The monoisotopic (exact) mass is 631 g/mol. The number of benzene rings is 5. The second-order valence-electron chi connectivity index (χ2n) is 14.2. The Balaban J connectivity index is 1.49. The number of nitrogens with zero attached hydrogens (tertiary/aromatic N) is 2. The number of fused-ring (bicyclic) bond motifs is 4. The van der Waals surface area contributed by atoms with E-state index in [9.17, 15) is 0 Å². The van der Waals surface area contributed by atoms with Crippen LogP contribution >= 0.6 is 0 Å². The van der Waals surface area contributed by atoms with Crippen LogP contribution in [0.3, 0.4) is 0 Å². The van der Waals surface area contributed by atoms with Crippen LogP contribution in [0.1, 0.15) is 41.7 Å². The van der Waals surface area contributed by atoms with Gasteiger partial charge in [0.25, 0.3) is 0 Å². The maximum absolute atomic E-state index is 2.53. The maximum Gasteiger partial charge on any atom is 0.199 e. The highest BCUT2D eigenvalue weighted by Crippen LogP contribution is 2.44. The Hall–Kier alpha value is -4.47. The number of hydrogen-bond acceptors (Lipinski definition) is 1. The van der Waals surface area contributed by atoms with Crippen molar-refractivity contribution in [3.8, 4) is 11.1 Å². The fraction of sp³-hybridized carbons (Fsp3) is 0.250. The van der Waals surface area contributed by atoms with Gasteiger partial charge in [-0.15, -0.1) is 0 Å². The second-order valence-corrected chi connectivity index (χ2v) is 18.5. The molecule has 0 saturated heterocycles. The molecule has 7 rings (SSSR count). The molecule has 2 aliphatic rings. The second kappa shape index (κ2) is 11.6. The molecule has 0 amide bonds. The van der Waals surface area contributed by atoms with Crippen LogP contribution in [0.5, 0.6) is 0 Å². The van der Waals surface area contributed by atoms with Crippen molar-refractivity contribution in [1.82, 2.24) is 0 Å². The normalized spacial score (nSPS) is 15.2. The Bertz CT molecular complexity index is 2240. The Morgan fingerprint density at radius 2 is 1.34 bits per heavy atom. The van der Waals surface area contributed by atoms with Crippen molar-refractivity contribution in [1.29, 1.82) is 0 Å². The van der Waals surface area contributed by atoms with E-state index in [0.717, 1.165) is 12.8 Å². The first-order valence-electron chi connectivity index (χ1n) is 17.1. The first kappa shape index (κ1) is 31.1. The van der Waals surface area contributed by atoms with Gasteiger partial charge >= 0.3 is 0 Å². The summed E-state index contributed by atoms with van der Waals surface area (Å²) in [6, 6.07) is 30.3. The Labute approximate surface area is 282 Å². The minimum Gasteiger partial charge on any atom is -0.378 e. The Morgan fingerprint density at radius 3 is 2.00 bits per heavy atom. The van der Waals surface area contributed by atoms with Crippen molar-refractivity contribution in [3.63, 3.8) is 0 Å². The lowest BCUT2D eigenvalue weighted by atomic mass is 9.84. The summed E-state index contributed by atoms with van der Waals surface area (Å²) < 4.78 is 2.24. The molecule has 0 unspecified atom stereocenters. The number of anilines is 1. The summed E-state index contributed by atoms with van der Waals surface area (Å²) in [6.45, 7) is 12.0. The summed E-state index contributed by atoms with van der Waals surface area (Å²) in [7, 11) is 6.59. The van der Waals surface area contributed by atoms with Crippen molar-refractivity contribution < 1.29 is 4.58 Å². The molecule has 236 valence electrons. The van der Waals surface area contributed by atoms with Crippen molar-refractivity contribution in [2.45, 2.75) is 46.7 Å². The fourth-order valence-electron chi connectivity index (χ4n) is 8.18. The van der Waals surface area contributed by atoms with Gasteiger partial charge in [0.05, 0.1) is 0 Å². The molecule has 0 atom stereocenters. The van der Waals surface area contributed by atoms with Gasteiger partial charge in [-0.25, -0.2) is 4.58 Å². The highest BCUT2D eigenvalue weighted by atomic mass is 28.3. The number of allylic oxidation sites excluding steroid dienone is 5. The van der Waals surface area contributed by atoms with Crippen LogP contribution in [-0.4, -0.2) is 46.6 Å². The van der Waals surface area contributed by atoms with Gasteiger partial charge < -0.3 is 4.90 Å². The molecule has 5 aromatic carbocycles. The summed E-state index contributed by atoms with van der Waals surface area (Å²) in [5.74, 6) is 0. The molecule has 1 heterocycles. The molecule has 47 heavy (non-hydrogen) atoms. The minimum atomic E-state index is -2.00. The third-order valence-electron chi connectivity index (χ3n) is 10.8. The summed E-state index contributed by atoms with van der Waals surface area (Å²) in [5.41, 5.74) is 14.9. The number of hydrogen-bond donors (Lipinski definition) is 0. The highest BCUT2D eigenvalue weighted by Gasteiger charge is 2.40. The maximum atomic E-state index is 2.53. The van der Waals surface area contributed by atoms with Gasteiger partial charge in [-0.2, -0.15) is 0 Å². The molecule has 1 aliphatic carbocycles. The molecule has 0 fully saturated rings. The van der Waals surface area contributed by atoms with E-state index in [0.29, 0.717) is 0 Å². The molecular formula is C44H47N2Si+. The highest BCUT2D eigenvalue weighted by molar-refractivity contribution is 6.98. The summed E-state index contributed by atoms with van der Waals surface area (Å²) in [6.07, 6.45) is 9.20. The van der Waals surface area contributed by atoms with Crippen LogP contribution in [-0.2, 0) is 12.8 Å². The van der Waals surface area contributed by atoms with Crippen LogP contribution in [0, 0.1) is 6.92 Å². The topological polar surface area (TPSA) is 6.25 Å². The standard InChI is InChI=1S/C44H47N2Si/c1-10-32-36-15-12-13-16-37(36)33(11-2)41-25-29(19-22-38(32)41)34-17-14-18-35(28(34)3)44-39-23-20-30(45(4)5)26-42(39)47(8,9)43-27-31(46(6)7)21-24-40(43)44/h12-27H,10-11H2,1-9H3/q+1. The molecule has 3 heteroatoms. The van der Waals surface area contributed by atoms with E-state index in [4.69, 9.17) is 0 Å². The van der Waals surface area contributed by atoms with Gasteiger partial charge in [0.1, 0.15) is 22.2 Å². The SMILES string of the molecule is CCc1c2ccccc2c(CC)c2cc(-c3cccc(C4=C5C=CC(=[N+](C)C)C=C5[Si](C)(C)c5cc(N(C)C)ccc54)c3C)ccc12. The molecule has 0 N–H and O–H groups in total. The van der Waals surface area contributed by atoms with E-state index in [-0.39, 0.29) is 0 Å². The molecule has 0 radical (unpaired) electrons.